The summed E-state index contributed by atoms with van der Waals surface area (Å²) in [6.45, 7) is 3.08. The van der Waals surface area contributed by atoms with Gasteiger partial charge in [0.05, 0.1) is 19.4 Å². The summed E-state index contributed by atoms with van der Waals surface area (Å²) >= 11 is 0. The lowest BCUT2D eigenvalue weighted by molar-refractivity contribution is -0.171. The number of methoxy groups -OCH3 is 1. The van der Waals surface area contributed by atoms with E-state index in [0.717, 1.165) is 17.1 Å². The number of nitrogens with zero attached hydrogens (tertiary/aromatic N) is 3. The van der Waals surface area contributed by atoms with E-state index in [4.69, 9.17) is 9.47 Å². The van der Waals surface area contributed by atoms with Gasteiger partial charge < -0.3 is 19.4 Å². The molecule has 1 saturated heterocycles. The fourth-order valence-corrected chi connectivity index (χ4v) is 5.37. The third-order valence-electron chi connectivity index (χ3n) is 6.03. The number of carbonyl (C=O) groups is 1. The first kappa shape index (κ1) is 21.8. The third kappa shape index (κ3) is 4.32. The van der Waals surface area contributed by atoms with Crippen LogP contribution in [-0.2, 0) is 38.2 Å². The monoisotopic (exact) mass is 448 g/mol. The molecule has 2 aliphatic rings. The molecule has 0 radical (unpaired) electrons. The zero-order valence-corrected chi connectivity index (χ0v) is 18.6. The molecule has 2 aliphatic heterocycles. The lowest BCUT2D eigenvalue weighted by Crippen LogP contribution is -2.54. The van der Waals surface area contributed by atoms with Gasteiger partial charge in [0.1, 0.15) is 17.2 Å². The number of aromatic nitrogens is 2. The lowest BCUT2D eigenvalue weighted by atomic mass is 9.89. The van der Waals surface area contributed by atoms with Gasteiger partial charge in [-0.1, -0.05) is 12.1 Å². The molecule has 1 aromatic heterocycles. The van der Waals surface area contributed by atoms with Gasteiger partial charge in [-0.2, -0.15) is 0 Å². The van der Waals surface area contributed by atoms with Gasteiger partial charge >= 0.3 is 0 Å². The Hall–Kier alpha value is -2.43. The third-order valence-corrected chi connectivity index (χ3v) is 7.92. The summed E-state index contributed by atoms with van der Waals surface area (Å²) in [5, 5.41) is 2.95. The molecular formula is C21H28N4O5S. The van der Waals surface area contributed by atoms with E-state index in [0.29, 0.717) is 39.0 Å². The molecule has 1 fully saturated rings. The van der Waals surface area contributed by atoms with Crippen molar-refractivity contribution >= 4 is 15.9 Å². The van der Waals surface area contributed by atoms with Crippen LogP contribution in [0.2, 0.25) is 0 Å². The summed E-state index contributed by atoms with van der Waals surface area (Å²) in [4.78, 5) is 17.4. The van der Waals surface area contributed by atoms with E-state index < -0.39 is 21.7 Å². The highest BCUT2D eigenvalue weighted by Crippen LogP contribution is 2.40. The lowest BCUT2D eigenvalue weighted by Gasteiger charge is -2.45. The van der Waals surface area contributed by atoms with Crippen molar-refractivity contribution in [2.24, 2.45) is 0 Å². The number of amides is 1. The Morgan fingerprint density at radius 3 is 2.84 bits per heavy atom. The number of piperidine rings is 1. The Morgan fingerprint density at radius 2 is 2.13 bits per heavy atom. The molecule has 1 amide bonds. The van der Waals surface area contributed by atoms with Crippen LogP contribution in [0.15, 0.2) is 36.7 Å². The van der Waals surface area contributed by atoms with Gasteiger partial charge in [-0.3, -0.25) is 4.79 Å². The van der Waals surface area contributed by atoms with Crippen LogP contribution >= 0.6 is 0 Å². The van der Waals surface area contributed by atoms with Crippen molar-refractivity contribution in [3.05, 3.63) is 48.0 Å². The van der Waals surface area contributed by atoms with Crippen LogP contribution in [0, 0.1) is 0 Å². The van der Waals surface area contributed by atoms with Gasteiger partial charge in [0.25, 0.3) is 5.91 Å². The smallest absolute Gasteiger partial charge is 0.251 e. The average molecular weight is 449 g/mol. The minimum atomic E-state index is -3.25. The minimum Gasteiger partial charge on any atom is -0.497 e. The maximum Gasteiger partial charge on any atom is 0.251 e. The number of carbonyl (C=O) groups excluding carboxylic acids is 1. The first-order valence-electron chi connectivity index (χ1n) is 10.4. The molecule has 1 N–H and O–H groups in total. The number of imidazole rings is 1. The molecule has 0 aliphatic carbocycles. The summed E-state index contributed by atoms with van der Waals surface area (Å²) in [5.74, 6) is 1.37. The average Bonchev–Trinajstić information content (AvgIpc) is 3.28. The molecule has 168 valence electrons. The number of hydrogen-bond donors (Lipinski definition) is 1. The Morgan fingerprint density at radius 1 is 1.35 bits per heavy atom. The maximum absolute atomic E-state index is 12.9. The molecule has 1 spiro atoms. The van der Waals surface area contributed by atoms with E-state index in [9.17, 15) is 13.2 Å². The minimum absolute atomic E-state index is 0.0742. The van der Waals surface area contributed by atoms with Crippen LogP contribution in [0.5, 0.6) is 5.75 Å². The summed E-state index contributed by atoms with van der Waals surface area (Å²) in [6.07, 6.45) is 3.79. The standard InChI is InChI=1S/C21H28N4O5S/c1-3-31(27,28)25-10-7-21(8-11-25)20-22-9-12-24(20)15-18(30-21)19(26)23-14-16-5-4-6-17(13-16)29-2/h4-6,9,12-13,18H,3,7-8,10-11,14-15H2,1-2H3,(H,23,26)/t18-/m0/s1. The molecule has 0 unspecified atom stereocenters. The number of rotatable bonds is 6. The molecule has 4 rings (SSSR count). The second-order valence-corrected chi connectivity index (χ2v) is 10.1. The second kappa shape index (κ2) is 8.60. The Kier molecular flexibility index (Phi) is 6.05. The van der Waals surface area contributed by atoms with Crippen LogP contribution < -0.4 is 10.1 Å². The molecule has 0 bridgehead atoms. The molecule has 2 aromatic rings. The topological polar surface area (TPSA) is 103 Å². The first-order valence-corrected chi connectivity index (χ1v) is 12.1. The highest BCUT2D eigenvalue weighted by atomic mass is 32.2. The normalized spacial score (nSPS) is 20.9. The second-order valence-electron chi connectivity index (χ2n) is 7.87. The van der Waals surface area contributed by atoms with Crippen molar-refractivity contribution in [2.45, 2.75) is 44.6 Å². The number of sulfonamides is 1. The fourth-order valence-electron chi connectivity index (χ4n) is 4.27. The maximum atomic E-state index is 12.9. The van der Waals surface area contributed by atoms with Gasteiger partial charge in [0.15, 0.2) is 6.10 Å². The molecule has 9 nitrogen and oxygen atoms in total. The number of ether oxygens (including phenoxy) is 2. The Bertz CT molecular complexity index is 1040. The largest absolute Gasteiger partial charge is 0.497 e. The number of fused-ring (bicyclic) bond motifs is 2. The summed E-state index contributed by atoms with van der Waals surface area (Å²) in [7, 11) is -1.65. The van der Waals surface area contributed by atoms with Crippen LogP contribution in [0.25, 0.3) is 0 Å². The summed E-state index contributed by atoms with van der Waals surface area (Å²) in [6, 6.07) is 7.53. The molecule has 31 heavy (non-hydrogen) atoms. The number of benzene rings is 1. The quantitative estimate of drug-likeness (QED) is 0.714. The van der Waals surface area contributed by atoms with E-state index in [1.54, 1.807) is 20.2 Å². The predicted octanol–water partition coefficient (Wildman–Crippen LogP) is 1.25. The van der Waals surface area contributed by atoms with Gasteiger partial charge in [-0.05, 0) is 37.5 Å². The first-order chi connectivity index (χ1) is 14.9. The fraction of sp³-hybridized carbons (Fsp3) is 0.524. The van der Waals surface area contributed by atoms with Crippen LogP contribution in [0.1, 0.15) is 31.2 Å². The van der Waals surface area contributed by atoms with Gasteiger partial charge in [0, 0.05) is 32.0 Å². The molecule has 3 heterocycles. The Balaban J connectivity index is 1.47. The van der Waals surface area contributed by atoms with E-state index >= 15 is 0 Å². The van der Waals surface area contributed by atoms with Crippen molar-refractivity contribution in [1.82, 2.24) is 19.2 Å². The van der Waals surface area contributed by atoms with Crippen molar-refractivity contribution in [2.75, 3.05) is 26.0 Å². The molecule has 1 aromatic carbocycles. The summed E-state index contributed by atoms with van der Waals surface area (Å²) in [5.41, 5.74) is 0.166. The highest BCUT2D eigenvalue weighted by molar-refractivity contribution is 7.89. The van der Waals surface area contributed by atoms with Crippen molar-refractivity contribution in [3.63, 3.8) is 0 Å². The van der Waals surface area contributed by atoms with Gasteiger partial charge in [0.2, 0.25) is 10.0 Å². The molecule has 10 heteroatoms. The van der Waals surface area contributed by atoms with E-state index in [2.05, 4.69) is 10.3 Å². The van der Waals surface area contributed by atoms with Gasteiger partial charge in [-0.15, -0.1) is 0 Å². The van der Waals surface area contributed by atoms with Crippen LogP contribution in [-0.4, -0.2) is 60.2 Å². The van der Waals surface area contributed by atoms with Crippen LogP contribution in [0.3, 0.4) is 0 Å². The predicted molar refractivity (Wildman–Crippen MR) is 114 cm³/mol. The van der Waals surface area contributed by atoms with Crippen molar-refractivity contribution in [3.8, 4) is 5.75 Å². The summed E-state index contributed by atoms with van der Waals surface area (Å²) < 4.78 is 39.5. The number of hydrogen-bond acceptors (Lipinski definition) is 6. The van der Waals surface area contributed by atoms with Crippen molar-refractivity contribution < 1.29 is 22.7 Å². The SMILES string of the molecule is CCS(=O)(=O)N1CCC2(CC1)O[C@H](C(=O)NCc1cccc(OC)c1)Cn1ccnc12. The van der Waals surface area contributed by atoms with Gasteiger partial charge in [-0.25, -0.2) is 17.7 Å². The van der Waals surface area contributed by atoms with E-state index in [1.807, 2.05) is 35.0 Å². The van der Waals surface area contributed by atoms with Crippen molar-refractivity contribution in [1.29, 1.82) is 0 Å². The Labute approximate surface area is 182 Å². The van der Waals surface area contributed by atoms with Crippen LogP contribution in [0.4, 0.5) is 0 Å². The van der Waals surface area contributed by atoms with E-state index in [1.165, 1.54) is 4.31 Å². The zero-order chi connectivity index (χ0) is 22.1. The molecular weight excluding hydrogens is 420 g/mol. The highest BCUT2D eigenvalue weighted by Gasteiger charge is 2.48. The zero-order valence-electron chi connectivity index (χ0n) is 17.8. The molecule has 0 saturated carbocycles. The van der Waals surface area contributed by atoms with E-state index in [-0.39, 0.29) is 11.7 Å². The molecule has 1 atom stereocenters. The number of nitrogens with one attached hydrogen (secondary N) is 1.